The van der Waals surface area contributed by atoms with Gasteiger partial charge in [0.15, 0.2) is 6.29 Å². The number of H-pyrrole nitrogens is 1. The molecule has 0 saturated carbocycles. The number of nitrogens with one attached hydrogen (secondary N) is 2. The van der Waals surface area contributed by atoms with Crippen molar-refractivity contribution in [2.24, 2.45) is 7.05 Å². The van der Waals surface area contributed by atoms with Crippen molar-refractivity contribution in [3.05, 3.63) is 81.2 Å². The van der Waals surface area contributed by atoms with Crippen LogP contribution in [0.25, 0.3) is 11.1 Å². The molecule has 0 spiro atoms. The lowest BCUT2D eigenvalue weighted by Crippen LogP contribution is -2.45. The Labute approximate surface area is 224 Å². The van der Waals surface area contributed by atoms with Crippen molar-refractivity contribution >= 4 is 17.5 Å². The molecule has 1 amide bonds. The molecule has 14 heteroatoms. The van der Waals surface area contributed by atoms with Crippen LogP contribution in [0, 0.1) is 0 Å². The summed E-state index contributed by atoms with van der Waals surface area (Å²) in [6.07, 6.45) is -10.7. The molecule has 0 aliphatic carbocycles. The van der Waals surface area contributed by atoms with Gasteiger partial charge in [-0.25, -0.2) is 0 Å². The number of benzene rings is 2. The second-order valence-corrected chi connectivity index (χ2v) is 9.29. The minimum atomic E-state index is -5.90. The van der Waals surface area contributed by atoms with Gasteiger partial charge < -0.3 is 20.3 Å². The number of aromatic amines is 1. The summed E-state index contributed by atoms with van der Waals surface area (Å²) in [7, 11) is 1.38. The highest BCUT2D eigenvalue weighted by Gasteiger charge is 2.58. The minimum Gasteiger partial charge on any atom is -0.388 e. The van der Waals surface area contributed by atoms with E-state index in [1.165, 1.54) is 7.05 Å². The van der Waals surface area contributed by atoms with Crippen LogP contribution in [-0.2, 0) is 18.2 Å². The first-order valence-electron chi connectivity index (χ1n) is 11.5. The standard InChI is InChI=1S/C25H25ClF5N3O5/c1-34-21(36)12-19(33-34)22(37)32-18(11-20(35)23(38)39-13-24(27,28)25(29,30)31)9-14-5-7-15(8-6-14)16-3-2-4-17(26)10-16/h2-8,10,12,18,20,23,33,35,38H,9,11,13H2,1H3,(H,32,37)/t18-,20-,23?/m1/s1. The third-order valence-corrected chi connectivity index (χ3v) is 6.00. The highest BCUT2D eigenvalue weighted by atomic mass is 35.5. The Kier molecular flexibility index (Phi) is 9.54. The Morgan fingerprint density at radius 1 is 1.08 bits per heavy atom. The average Bonchev–Trinajstić information content (AvgIpc) is 3.20. The molecule has 1 heterocycles. The van der Waals surface area contributed by atoms with E-state index in [1.807, 2.05) is 6.07 Å². The Morgan fingerprint density at radius 2 is 1.74 bits per heavy atom. The van der Waals surface area contributed by atoms with E-state index in [9.17, 15) is 41.8 Å². The maximum Gasteiger partial charge on any atom is 0.455 e. The number of hydrogen-bond donors (Lipinski definition) is 4. The number of aromatic nitrogens is 2. The van der Waals surface area contributed by atoms with E-state index >= 15 is 0 Å². The summed E-state index contributed by atoms with van der Waals surface area (Å²) in [5, 5.41) is 25.8. The first-order valence-corrected chi connectivity index (χ1v) is 11.9. The van der Waals surface area contributed by atoms with Crippen LogP contribution >= 0.6 is 11.6 Å². The van der Waals surface area contributed by atoms with Gasteiger partial charge in [0.05, 0.1) is 0 Å². The molecule has 3 atom stereocenters. The Balaban J connectivity index is 1.74. The molecule has 8 nitrogen and oxygen atoms in total. The van der Waals surface area contributed by atoms with Crippen molar-refractivity contribution < 1.29 is 41.7 Å². The first kappa shape index (κ1) is 30.3. The molecule has 3 rings (SSSR count). The van der Waals surface area contributed by atoms with Gasteiger partial charge in [-0.3, -0.25) is 19.4 Å². The van der Waals surface area contributed by atoms with Crippen molar-refractivity contribution in [3.63, 3.8) is 0 Å². The molecule has 3 aromatic rings. The van der Waals surface area contributed by atoms with Crippen molar-refractivity contribution in [3.8, 4) is 11.1 Å². The van der Waals surface area contributed by atoms with E-state index in [4.69, 9.17) is 11.6 Å². The van der Waals surface area contributed by atoms with Crippen LogP contribution in [-0.4, -0.2) is 63.0 Å². The van der Waals surface area contributed by atoms with Crippen LogP contribution in [0.15, 0.2) is 59.4 Å². The Bertz CT molecular complexity index is 1330. The Hall–Kier alpha value is -3.26. The number of aryl methyl sites for hydroxylation is 1. The van der Waals surface area contributed by atoms with Gasteiger partial charge in [-0.2, -0.15) is 22.0 Å². The van der Waals surface area contributed by atoms with E-state index in [2.05, 4.69) is 15.2 Å². The van der Waals surface area contributed by atoms with Crippen molar-refractivity contribution in [1.82, 2.24) is 15.1 Å². The van der Waals surface area contributed by atoms with Gasteiger partial charge in [-0.15, -0.1) is 0 Å². The number of hydrogen-bond acceptors (Lipinski definition) is 5. The fraction of sp³-hybridized carbons (Fsp3) is 0.360. The molecule has 2 aromatic carbocycles. The molecule has 39 heavy (non-hydrogen) atoms. The first-order chi connectivity index (χ1) is 18.2. The number of ether oxygens (including phenoxy) is 1. The summed E-state index contributed by atoms with van der Waals surface area (Å²) in [6, 6.07) is 14.2. The summed E-state index contributed by atoms with van der Waals surface area (Å²) in [4.78, 5) is 24.4. The van der Waals surface area contributed by atoms with Gasteiger partial charge in [0, 0.05) is 24.2 Å². The quantitative estimate of drug-likeness (QED) is 0.205. The fourth-order valence-electron chi connectivity index (χ4n) is 3.64. The lowest BCUT2D eigenvalue weighted by atomic mass is 9.97. The summed E-state index contributed by atoms with van der Waals surface area (Å²) in [5.41, 5.74) is 1.72. The average molecular weight is 578 g/mol. The van der Waals surface area contributed by atoms with Crippen molar-refractivity contribution in [1.29, 1.82) is 0 Å². The van der Waals surface area contributed by atoms with Gasteiger partial charge >= 0.3 is 12.1 Å². The van der Waals surface area contributed by atoms with Crippen molar-refractivity contribution in [2.45, 2.75) is 43.4 Å². The maximum atomic E-state index is 13.1. The molecule has 0 aliphatic rings. The van der Waals surface area contributed by atoms with Gasteiger partial charge in [0.2, 0.25) is 0 Å². The number of halogens is 6. The van der Waals surface area contributed by atoms with Crippen molar-refractivity contribution in [2.75, 3.05) is 6.61 Å². The number of aliphatic hydroxyl groups excluding tert-OH is 2. The van der Waals surface area contributed by atoms with E-state index in [0.717, 1.165) is 21.9 Å². The molecule has 0 bridgehead atoms. The number of carbonyl (C=O) groups excluding carboxylic acids is 1. The molecule has 4 N–H and O–H groups in total. The lowest BCUT2D eigenvalue weighted by Gasteiger charge is -2.26. The molecule has 1 unspecified atom stereocenters. The normalized spacial score (nSPS) is 14.6. The predicted molar refractivity (Wildman–Crippen MR) is 131 cm³/mol. The van der Waals surface area contributed by atoms with Crippen LogP contribution in [0.2, 0.25) is 5.02 Å². The third-order valence-electron chi connectivity index (χ3n) is 5.77. The van der Waals surface area contributed by atoms with Gasteiger partial charge in [0.25, 0.3) is 11.5 Å². The summed E-state index contributed by atoms with van der Waals surface area (Å²) in [6.45, 7) is -2.21. The molecule has 1 aromatic heterocycles. The molecular weight excluding hydrogens is 553 g/mol. The SMILES string of the molecule is Cn1[nH]c(C(=O)N[C@H](Cc2ccc(-c3cccc(Cl)c3)cc2)C[C@@H](O)C(O)OCC(F)(F)C(F)(F)F)cc1=O. The largest absolute Gasteiger partial charge is 0.455 e. The van der Waals surface area contributed by atoms with Gasteiger partial charge in [-0.1, -0.05) is 48.0 Å². The fourth-order valence-corrected chi connectivity index (χ4v) is 3.83. The van der Waals surface area contributed by atoms with Crippen LogP contribution in [0.1, 0.15) is 22.5 Å². The summed E-state index contributed by atoms with van der Waals surface area (Å²) in [5.74, 6) is -6.00. The van der Waals surface area contributed by atoms with Crippen LogP contribution in [0.4, 0.5) is 22.0 Å². The molecule has 0 fully saturated rings. The molecule has 212 valence electrons. The summed E-state index contributed by atoms with van der Waals surface area (Å²) < 4.78 is 68.6. The molecular formula is C25H25ClF5N3O5. The van der Waals surface area contributed by atoms with Crippen LogP contribution in [0.5, 0.6) is 0 Å². The highest BCUT2D eigenvalue weighted by Crippen LogP contribution is 2.35. The number of nitrogens with zero attached hydrogens (tertiary/aromatic N) is 1. The van der Waals surface area contributed by atoms with Crippen LogP contribution < -0.4 is 10.9 Å². The van der Waals surface area contributed by atoms with Gasteiger partial charge in [0.1, 0.15) is 18.4 Å². The van der Waals surface area contributed by atoms with Gasteiger partial charge in [-0.05, 0) is 41.7 Å². The lowest BCUT2D eigenvalue weighted by molar-refractivity contribution is -0.312. The third kappa shape index (κ3) is 8.12. The number of amides is 1. The molecule has 0 aliphatic heterocycles. The van der Waals surface area contributed by atoms with E-state index < -0.39 is 55.0 Å². The van der Waals surface area contributed by atoms with Crippen LogP contribution in [0.3, 0.4) is 0 Å². The molecule has 0 radical (unpaired) electrons. The Morgan fingerprint density at radius 3 is 2.31 bits per heavy atom. The topological polar surface area (TPSA) is 117 Å². The number of carbonyl (C=O) groups is 1. The van der Waals surface area contributed by atoms with E-state index in [-0.39, 0.29) is 12.1 Å². The monoisotopic (exact) mass is 577 g/mol. The second-order valence-electron chi connectivity index (χ2n) is 8.86. The minimum absolute atomic E-state index is 0.0567. The van der Waals surface area contributed by atoms with E-state index in [0.29, 0.717) is 10.6 Å². The molecule has 0 saturated heterocycles. The second kappa shape index (κ2) is 12.3. The number of alkyl halides is 5. The zero-order valence-corrected chi connectivity index (χ0v) is 21.1. The highest BCUT2D eigenvalue weighted by molar-refractivity contribution is 6.30. The predicted octanol–water partition coefficient (Wildman–Crippen LogP) is 3.66. The summed E-state index contributed by atoms with van der Waals surface area (Å²) >= 11 is 6.03. The maximum absolute atomic E-state index is 13.1. The number of rotatable bonds is 11. The zero-order valence-electron chi connectivity index (χ0n) is 20.4. The zero-order chi connectivity index (χ0) is 29.0. The number of aliphatic hydroxyl groups is 2. The smallest absolute Gasteiger partial charge is 0.388 e. The van der Waals surface area contributed by atoms with E-state index in [1.54, 1.807) is 42.5 Å².